The summed E-state index contributed by atoms with van der Waals surface area (Å²) in [5, 5.41) is 2.05. The van der Waals surface area contributed by atoms with Crippen molar-refractivity contribution in [2.75, 3.05) is 5.73 Å². The van der Waals surface area contributed by atoms with Crippen LogP contribution in [0.4, 0.5) is 5.69 Å². The highest BCUT2D eigenvalue weighted by molar-refractivity contribution is 6.06. The number of pyridine rings is 2. The van der Waals surface area contributed by atoms with Crippen molar-refractivity contribution < 1.29 is 0 Å². The first kappa shape index (κ1) is 8.17. The van der Waals surface area contributed by atoms with Crippen LogP contribution in [0.1, 0.15) is 0 Å². The van der Waals surface area contributed by atoms with E-state index < -0.39 is 0 Å². The van der Waals surface area contributed by atoms with Crippen molar-refractivity contribution >= 4 is 27.5 Å². The van der Waals surface area contributed by atoms with Gasteiger partial charge in [-0.15, -0.1) is 0 Å². The molecule has 72 valence electrons. The van der Waals surface area contributed by atoms with Gasteiger partial charge < -0.3 is 5.73 Å². The lowest BCUT2D eigenvalue weighted by molar-refractivity contribution is 1.37. The van der Waals surface area contributed by atoms with Gasteiger partial charge in [0, 0.05) is 28.9 Å². The molecule has 1 aromatic carbocycles. The number of fused-ring (bicyclic) bond motifs is 3. The van der Waals surface area contributed by atoms with Crippen LogP contribution in [-0.4, -0.2) is 9.97 Å². The van der Waals surface area contributed by atoms with E-state index in [0.717, 1.165) is 27.5 Å². The van der Waals surface area contributed by atoms with Crippen LogP contribution in [0.15, 0.2) is 42.7 Å². The van der Waals surface area contributed by atoms with Gasteiger partial charge in [0.25, 0.3) is 0 Å². The summed E-state index contributed by atoms with van der Waals surface area (Å²) in [6.07, 6.45) is 3.48. The zero-order valence-electron chi connectivity index (χ0n) is 8.01. The Balaban J connectivity index is 2.60. The number of aromatic nitrogens is 2. The van der Waals surface area contributed by atoms with Crippen LogP contribution in [0.3, 0.4) is 0 Å². The molecule has 2 aromatic heterocycles. The molecule has 0 aliphatic rings. The second-order valence-corrected chi connectivity index (χ2v) is 3.44. The molecule has 0 unspecified atom stereocenters. The van der Waals surface area contributed by atoms with Gasteiger partial charge in [0.05, 0.1) is 11.0 Å². The lowest BCUT2D eigenvalue weighted by Gasteiger charge is -2.03. The summed E-state index contributed by atoms with van der Waals surface area (Å²) in [6, 6.07) is 9.74. The van der Waals surface area contributed by atoms with Gasteiger partial charge in [-0.25, -0.2) is 0 Å². The fourth-order valence-corrected chi connectivity index (χ4v) is 1.78. The molecule has 15 heavy (non-hydrogen) atoms. The predicted octanol–water partition coefficient (Wildman–Crippen LogP) is 2.37. The van der Waals surface area contributed by atoms with Crippen molar-refractivity contribution in [2.24, 2.45) is 0 Å². The highest BCUT2D eigenvalue weighted by atomic mass is 14.7. The van der Waals surface area contributed by atoms with Gasteiger partial charge in [-0.2, -0.15) is 0 Å². The number of benzene rings is 1. The minimum atomic E-state index is 0.743. The third kappa shape index (κ3) is 1.13. The summed E-state index contributed by atoms with van der Waals surface area (Å²) >= 11 is 0. The van der Waals surface area contributed by atoms with Gasteiger partial charge in [0.1, 0.15) is 0 Å². The van der Waals surface area contributed by atoms with E-state index >= 15 is 0 Å². The molecule has 0 saturated carbocycles. The Kier molecular flexibility index (Phi) is 1.59. The van der Waals surface area contributed by atoms with Gasteiger partial charge in [0.2, 0.25) is 0 Å². The molecule has 0 saturated heterocycles. The monoisotopic (exact) mass is 195 g/mol. The number of hydrogen-bond acceptors (Lipinski definition) is 3. The smallest absolute Gasteiger partial charge is 0.0985 e. The van der Waals surface area contributed by atoms with Crippen molar-refractivity contribution in [3.05, 3.63) is 42.7 Å². The Morgan fingerprint density at radius 2 is 1.73 bits per heavy atom. The van der Waals surface area contributed by atoms with Crippen molar-refractivity contribution in [1.29, 1.82) is 0 Å². The normalized spacial score (nSPS) is 10.9. The Morgan fingerprint density at radius 3 is 2.67 bits per heavy atom. The highest BCUT2D eigenvalue weighted by Gasteiger charge is 2.03. The average Bonchev–Trinajstić information content (AvgIpc) is 2.29. The van der Waals surface area contributed by atoms with Crippen molar-refractivity contribution in [1.82, 2.24) is 9.97 Å². The molecule has 0 spiro atoms. The number of rotatable bonds is 0. The fourth-order valence-electron chi connectivity index (χ4n) is 1.78. The van der Waals surface area contributed by atoms with Crippen molar-refractivity contribution in [3.8, 4) is 0 Å². The Hall–Kier alpha value is -2.16. The standard InChI is InChI=1S/C12H9N3/c13-10-5-7-15-12-9(10)4-3-8-2-1-6-14-11(8)12/h1-7H,(H2,13,15). The number of nitrogens with zero attached hydrogens (tertiary/aromatic N) is 2. The zero-order valence-corrected chi connectivity index (χ0v) is 8.01. The SMILES string of the molecule is Nc1ccnc2c1ccc1cccnc12. The molecule has 0 amide bonds. The first-order chi connectivity index (χ1) is 7.36. The molecule has 3 rings (SSSR count). The van der Waals surface area contributed by atoms with E-state index in [1.165, 1.54) is 0 Å². The molecule has 2 heterocycles. The summed E-state index contributed by atoms with van der Waals surface area (Å²) in [5.41, 5.74) is 8.40. The number of nitrogens with two attached hydrogens (primary N) is 1. The van der Waals surface area contributed by atoms with Gasteiger partial charge in [-0.1, -0.05) is 12.1 Å². The minimum Gasteiger partial charge on any atom is -0.398 e. The molecular weight excluding hydrogens is 186 g/mol. The van der Waals surface area contributed by atoms with Crippen molar-refractivity contribution in [3.63, 3.8) is 0 Å². The third-order valence-corrected chi connectivity index (χ3v) is 2.52. The largest absolute Gasteiger partial charge is 0.398 e. The van der Waals surface area contributed by atoms with Crippen LogP contribution in [0, 0.1) is 0 Å². The summed E-state index contributed by atoms with van der Waals surface area (Å²) in [4.78, 5) is 8.66. The Morgan fingerprint density at radius 1 is 0.867 bits per heavy atom. The van der Waals surface area contributed by atoms with Crippen LogP contribution in [0.5, 0.6) is 0 Å². The minimum absolute atomic E-state index is 0.743. The van der Waals surface area contributed by atoms with E-state index in [1.54, 1.807) is 18.5 Å². The summed E-state index contributed by atoms with van der Waals surface area (Å²) in [5.74, 6) is 0. The van der Waals surface area contributed by atoms with Gasteiger partial charge >= 0.3 is 0 Å². The van der Waals surface area contributed by atoms with E-state index in [-0.39, 0.29) is 0 Å². The summed E-state index contributed by atoms with van der Waals surface area (Å²) < 4.78 is 0. The zero-order chi connectivity index (χ0) is 10.3. The fraction of sp³-hybridized carbons (Fsp3) is 0. The molecule has 0 fully saturated rings. The van der Waals surface area contributed by atoms with Gasteiger partial charge in [-0.05, 0) is 18.2 Å². The van der Waals surface area contributed by atoms with E-state index in [4.69, 9.17) is 5.73 Å². The molecule has 0 radical (unpaired) electrons. The topological polar surface area (TPSA) is 51.8 Å². The first-order valence-corrected chi connectivity index (χ1v) is 4.74. The number of nitrogen functional groups attached to an aromatic ring is 1. The molecular formula is C12H9N3. The molecule has 0 aliphatic carbocycles. The van der Waals surface area contributed by atoms with Crippen LogP contribution in [0.25, 0.3) is 21.8 Å². The van der Waals surface area contributed by atoms with Crippen molar-refractivity contribution in [2.45, 2.75) is 0 Å². The van der Waals surface area contributed by atoms with Crippen LogP contribution >= 0.6 is 0 Å². The quantitative estimate of drug-likeness (QED) is 0.560. The lowest BCUT2D eigenvalue weighted by Crippen LogP contribution is -1.90. The second-order valence-electron chi connectivity index (χ2n) is 3.44. The summed E-state index contributed by atoms with van der Waals surface area (Å²) in [7, 11) is 0. The first-order valence-electron chi connectivity index (χ1n) is 4.74. The molecule has 3 nitrogen and oxygen atoms in total. The molecule has 0 bridgehead atoms. The van der Waals surface area contributed by atoms with E-state index in [1.807, 2.05) is 24.3 Å². The highest BCUT2D eigenvalue weighted by Crippen LogP contribution is 2.24. The van der Waals surface area contributed by atoms with Gasteiger partial charge in [-0.3, -0.25) is 9.97 Å². The van der Waals surface area contributed by atoms with E-state index in [0.29, 0.717) is 0 Å². The number of anilines is 1. The van der Waals surface area contributed by atoms with Crippen LogP contribution in [-0.2, 0) is 0 Å². The molecule has 3 aromatic rings. The Labute approximate surface area is 86.6 Å². The maximum atomic E-state index is 5.88. The second kappa shape index (κ2) is 2.92. The third-order valence-electron chi connectivity index (χ3n) is 2.52. The van der Waals surface area contributed by atoms with E-state index in [2.05, 4.69) is 9.97 Å². The molecule has 0 aliphatic heterocycles. The van der Waals surface area contributed by atoms with Crippen LogP contribution in [0.2, 0.25) is 0 Å². The maximum Gasteiger partial charge on any atom is 0.0985 e. The van der Waals surface area contributed by atoms with Crippen LogP contribution < -0.4 is 5.73 Å². The van der Waals surface area contributed by atoms with E-state index in [9.17, 15) is 0 Å². The number of hydrogen-bond donors (Lipinski definition) is 1. The summed E-state index contributed by atoms with van der Waals surface area (Å²) in [6.45, 7) is 0. The molecule has 0 atom stereocenters. The molecule has 3 heteroatoms. The Bertz CT molecular complexity index is 646. The lowest BCUT2D eigenvalue weighted by atomic mass is 10.1. The average molecular weight is 195 g/mol. The van der Waals surface area contributed by atoms with Gasteiger partial charge in [0.15, 0.2) is 0 Å². The molecule has 2 N–H and O–H groups in total. The predicted molar refractivity (Wildman–Crippen MR) is 61.5 cm³/mol. The maximum absolute atomic E-state index is 5.88.